The van der Waals surface area contributed by atoms with E-state index in [0.29, 0.717) is 30.6 Å². The number of carbonyl (C=O) groups excluding carboxylic acids is 3. The van der Waals surface area contributed by atoms with Crippen LogP contribution < -0.4 is 5.32 Å². The van der Waals surface area contributed by atoms with Crippen LogP contribution in [0.25, 0.3) is 0 Å². The average Bonchev–Trinajstić information content (AvgIpc) is 2.60. The molecule has 1 N–H and O–H groups in total. The van der Waals surface area contributed by atoms with Crippen LogP contribution in [0, 0.1) is 5.92 Å². The van der Waals surface area contributed by atoms with E-state index in [1.165, 1.54) is 4.90 Å². The molecule has 0 bridgehead atoms. The molecule has 0 aromatic heterocycles. The standard InChI is InChI=1S/C15H16N2O3/c18-11-7-10(5-6-16-8-11)9-17-14(19)12-3-1-2-4-13(12)15(17)20/h1-4,10,16H,5-9H2. The van der Waals surface area contributed by atoms with Gasteiger partial charge in [0, 0.05) is 13.0 Å². The van der Waals surface area contributed by atoms with Gasteiger partial charge < -0.3 is 5.32 Å². The van der Waals surface area contributed by atoms with Gasteiger partial charge in [0.2, 0.25) is 0 Å². The summed E-state index contributed by atoms with van der Waals surface area (Å²) in [5.74, 6) is -0.283. The van der Waals surface area contributed by atoms with Crippen molar-refractivity contribution in [3.63, 3.8) is 0 Å². The van der Waals surface area contributed by atoms with Crippen molar-refractivity contribution in [2.24, 2.45) is 5.92 Å². The number of hydrogen-bond acceptors (Lipinski definition) is 4. The molecule has 2 heterocycles. The van der Waals surface area contributed by atoms with Crippen LogP contribution in [0.4, 0.5) is 0 Å². The zero-order valence-corrected chi connectivity index (χ0v) is 11.1. The number of ketones is 1. The minimum Gasteiger partial charge on any atom is -0.310 e. The number of imide groups is 1. The number of carbonyl (C=O) groups is 3. The van der Waals surface area contributed by atoms with E-state index in [4.69, 9.17) is 0 Å². The molecule has 2 aliphatic heterocycles. The third-order valence-corrected chi connectivity index (χ3v) is 3.89. The average molecular weight is 272 g/mol. The molecule has 104 valence electrons. The van der Waals surface area contributed by atoms with Gasteiger partial charge in [0.1, 0.15) is 5.78 Å². The fourth-order valence-corrected chi connectivity index (χ4v) is 2.85. The number of amides is 2. The first kappa shape index (κ1) is 13.0. The van der Waals surface area contributed by atoms with Crippen LogP contribution in [0.2, 0.25) is 0 Å². The Morgan fingerprint density at radius 2 is 1.75 bits per heavy atom. The quantitative estimate of drug-likeness (QED) is 0.811. The monoisotopic (exact) mass is 272 g/mol. The van der Waals surface area contributed by atoms with Crippen LogP contribution in [0.5, 0.6) is 0 Å². The number of fused-ring (bicyclic) bond motifs is 1. The van der Waals surface area contributed by atoms with Gasteiger partial charge in [-0.05, 0) is 31.0 Å². The Hall–Kier alpha value is -2.01. The van der Waals surface area contributed by atoms with Crippen LogP contribution in [0.1, 0.15) is 33.6 Å². The highest BCUT2D eigenvalue weighted by molar-refractivity contribution is 6.21. The summed E-state index contributed by atoms with van der Waals surface area (Å²) in [5.41, 5.74) is 0.936. The molecule has 1 aromatic carbocycles. The van der Waals surface area contributed by atoms with E-state index in [2.05, 4.69) is 5.32 Å². The van der Waals surface area contributed by atoms with Gasteiger partial charge in [0.05, 0.1) is 17.7 Å². The third-order valence-electron chi connectivity index (χ3n) is 3.89. The predicted octanol–water partition coefficient (Wildman–Crippen LogP) is 0.851. The Balaban J connectivity index is 1.77. The molecule has 0 radical (unpaired) electrons. The molecule has 1 atom stereocenters. The van der Waals surface area contributed by atoms with Crippen molar-refractivity contribution < 1.29 is 14.4 Å². The van der Waals surface area contributed by atoms with Crippen molar-refractivity contribution in [2.45, 2.75) is 12.8 Å². The Morgan fingerprint density at radius 1 is 1.10 bits per heavy atom. The van der Waals surface area contributed by atoms with Crippen LogP contribution in [0.15, 0.2) is 24.3 Å². The molecule has 20 heavy (non-hydrogen) atoms. The van der Waals surface area contributed by atoms with Gasteiger partial charge >= 0.3 is 0 Å². The van der Waals surface area contributed by atoms with Crippen LogP contribution in [0.3, 0.4) is 0 Å². The zero-order valence-electron chi connectivity index (χ0n) is 11.1. The van der Waals surface area contributed by atoms with Crippen LogP contribution in [-0.4, -0.2) is 42.1 Å². The summed E-state index contributed by atoms with van der Waals surface area (Å²) in [5, 5.41) is 3.05. The zero-order chi connectivity index (χ0) is 14.1. The minimum absolute atomic E-state index is 0.0553. The molecule has 1 fully saturated rings. The van der Waals surface area contributed by atoms with E-state index in [9.17, 15) is 14.4 Å². The molecular weight excluding hydrogens is 256 g/mol. The molecule has 3 rings (SSSR count). The summed E-state index contributed by atoms with van der Waals surface area (Å²) in [6, 6.07) is 6.87. The molecule has 0 saturated carbocycles. The SMILES string of the molecule is O=C1CNCCC(CN2C(=O)c3ccccc3C2=O)C1. The van der Waals surface area contributed by atoms with E-state index in [0.717, 1.165) is 13.0 Å². The van der Waals surface area contributed by atoms with Gasteiger partial charge in [-0.1, -0.05) is 12.1 Å². The number of nitrogens with zero attached hydrogens (tertiary/aromatic N) is 1. The first-order chi connectivity index (χ1) is 9.66. The maximum Gasteiger partial charge on any atom is 0.261 e. The molecule has 0 aliphatic carbocycles. The lowest BCUT2D eigenvalue weighted by molar-refractivity contribution is -0.118. The summed E-state index contributed by atoms with van der Waals surface area (Å²) in [6.45, 7) is 1.47. The topological polar surface area (TPSA) is 66.5 Å². The number of Topliss-reactive ketones (excluding diaryl/α,β-unsaturated/α-hetero) is 1. The fraction of sp³-hybridized carbons (Fsp3) is 0.400. The van der Waals surface area contributed by atoms with Crippen molar-refractivity contribution in [1.29, 1.82) is 0 Å². The summed E-state index contributed by atoms with van der Waals surface area (Å²) in [6.07, 6.45) is 1.24. The maximum absolute atomic E-state index is 12.3. The Kier molecular flexibility index (Phi) is 3.36. The van der Waals surface area contributed by atoms with Gasteiger partial charge in [-0.2, -0.15) is 0 Å². The Labute approximate surface area is 116 Å². The summed E-state index contributed by atoms with van der Waals surface area (Å²) < 4.78 is 0. The Bertz CT molecular complexity index is 547. The van der Waals surface area contributed by atoms with Gasteiger partial charge in [-0.25, -0.2) is 0 Å². The number of hydrogen-bond donors (Lipinski definition) is 1. The van der Waals surface area contributed by atoms with Crippen molar-refractivity contribution in [3.8, 4) is 0 Å². The summed E-state index contributed by atoms with van der Waals surface area (Å²) >= 11 is 0. The first-order valence-corrected chi connectivity index (χ1v) is 6.84. The second kappa shape index (κ2) is 5.17. The molecule has 1 aromatic rings. The second-order valence-corrected chi connectivity index (χ2v) is 5.34. The lowest BCUT2D eigenvalue weighted by atomic mass is 9.99. The lowest BCUT2D eigenvalue weighted by Crippen LogP contribution is -2.35. The molecule has 5 heteroatoms. The highest BCUT2D eigenvalue weighted by atomic mass is 16.2. The van der Waals surface area contributed by atoms with E-state index in [-0.39, 0.29) is 23.5 Å². The van der Waals surface area contributed by atoms with Gasteiger partial charge in [-0.3, -0.25) is 19.3 Å². The number of nitrogens with one attached hydrogen (secondary N) is 1. The third kappa shape index (κ3) is 2.25. The fourth-order valence-electron chi connectivity index (χ4n) is 2.85. The van der Waals surface area contributed by atoms with Crippen molar-refractivity contribution in [3.05, 3.63) is 35.4 Å². The van der Waals surface area contributed by atoms with E-state index in [1.54, 1.807) is 24.3 Å². The van der Waals surface area contributed by atoms with E-state index >= 15 is 0 Å². The molecule has 5 nitrogen and oxygen atoms in total. The van der Waals surface area contributed by atoms with Gasteiger partial charge in [0.25, 0.3) is 11.8 Å². The first-order valence-electron chi connectivity index (χ1n) is 6.84. The molecule has 1 saturated heterocycles. The number of benzene rings is 1. The predicted molar refractivity (Wildman–Crippen MR) is 72.4 cm³/mol. The van der Waals surface area contributed by atoms with Crippen molar-refractivity contribution in [1.82, 2.24) is 10.2 Å². The highest BCUT2D eigenvalue weighted by Crippen LogP contribution is 2.25. The normalized spacial score (nSPS) is 22.9. The second-order valence-electron chi connectivity index (χ2n) is 5.34. The molecule has 1 unspecified atom stereocenters. The molecule has 2 amide bonds. The Morgan fingerprint density at radius 3 is 2.40 bits per heavy atom. The van der Waals surface area contributed by atoms with E-state index in [1.807, 2.05) is 0 Å². The number of rotatable bonds is 2. The van der Waals surface area contributed by atoms with Crippen molar-refractivity contribution in [2.75, 3.05) is 19.6 Å². The minimum atomic E-state index is -0.241. The van der Waals surface area contributed by atoms with Crippen molar-refractivity contribution >= 4 is 17.6 Å². The van der Waals surface area contributed by atoms with Crippen LogP contribution in [-0.2, 0) is 4.79 Å². The molecule has 2 aliphatic rings. The van der Waals surface area contributed by atoms with Crippen LogP contribution >= 0.6 is 0 Å². The van der Waals surface area contributed by atoms with E-state index < -0.39 is 0 Å². The summed E-state index contributed by atoms with van der Waals surface area (Å²) in [7, 11) is 0. The maximum atomic E-state index is 12.3. The largest absolute Gasteiger partial charge is 0.310 e. The lowest BCUT2D eigenvalue weighted by Gasteiger charge is -2.20. The van der Waals surface area contributed by atoms with Gasteiger partial charge in [-0.15, -0.1) is 0 Å². The highest BCUT2D eigenvalue weighted by Gasteiger charge is 2.36. The van der Waals surface area contributed by atoms with Gasteiger partial charge in [0.15, 0.2) is 0 Å². The smallest absolute Gasteiger partial charge is 0.261 e. The molecule has 0 spiro atoms. The molecular formula is C15H16N2O3. The summed E-state index contributed by atoms with van der Waals surface area (Å²) in [4.78, 5) is 37.4.